The van der Waals surface area contributed by atoms with Gasteiger partial charge in [-0.1, -0.05) is 68.8 Å². The second kappa shape index (κ2) is 13.0. The van der Waals surface area contributed by atoms with Crippen LogP contribution in [0.25, 0.3) is 0 Å². The van der Waals surface area contributed by atoms with Crippen molar-refractivity contribution in [1.82, 2.24) is 9.80 Å². The topological polar surface area (TPSA) is 90.4 Å². The average molecular weight is 522 g/mol. The molecule has 0 saturated carbocycles. The van der Waals surface area contributed by atoms with Gasteiger partial charge in [0.2, 0.25) is 11.8 Å². The normalized spacial score (nSPS) is 20.5. The van der Waals surface area contributed by atoms with E-state index in [1.165, 1.54) is 5.56 Å². The van der Waals surface area contributed by atoms with Crippen LogP contribution in [0, 0.1) is 5.92 Å². The van der Waals surface area contributed by atoms with Gasteiger partial charge in [0.15, 0.2) is 0 Å². The molecular weight excluding hydrogens is 482 g/mol. The van der Waals surface area contributed by atoms with Gasteiger partial charge >= 0.3 is 5.97 Å². The van der Waals surface area contributed by atoms with Crippen LogP contribution in [-0.2, 0) is 32.2 Å². The predicted octanol–water partition coefficient (Wildman–Crippen LogP) is 3.93. The first-order valence-corrected chi connectivity index (χ1v) is 13.6. The van der Waals surface area contributed by atoms with E-state index in [0.29, 0.717) is 19.6 Å². The Morgan fingerprint density at radius 3 is 2.39 bits per heavy atom. The van der Waals surface area contributed by atoms with E-state index in [9.17, 15) is 14.4 Å². The van der Waals surface area contributed by atoms with Crippen LogP contribution in [0.2, 0.25) is 0 Å². The molecule has 2 unspecified atom stereocenters. The van der Waals surface area contributed by atoms with Gasteiger partial charge in [-0.2, -0.15) is 0 Å². The summed E-state index contributed by atoms with van der Waals surface area (Å²) >= 11 is 0. The number of para-hydroxylation sites is 1. The van der Waals surface area contributed by atoms with Crippen LogP contribution in [0.3, 0.4) is 0 Å². The van der Waals surface area contributed by atoms with Gasteiger partial charge in [0, 0.05) is 49.9 Å². The molecule has 2 atom stereocenters. The van der Waals surface area contributed by atoms with E-state index in [2.05, 4.69) is 17.0 Å². The van der Waals surface area contributed by atoms with E-state index in [1.807, 2.05) is 61.2 Å². The summed E-state index contributed by atoms with van der Waals surface area (Å²) in [6.45, 7) is 5.27. The summed E-state index contributed by atoms with van der Waals surface area (Å²) in [6.07, 6.45) is 3.93. The summed E-state index contributed by atoms with van der Waals surface area (Å²) in [6, 6.07) is 18.6. The Hall–Kier alpha value is -3.23. The van der Waals surface area contributed by atoms with Gasteiger partial charge in [-0.05, 0) is 36.5 Å². The van der Waals surface area contributed by atoms with Crippen molar-refractivity contribution in [2.45, 2.75) is 64.7 Å². The summed E-state index contributed by atoms with van der Waals surface area (Å²) in [5.41, 5.74) is 2.96. The summed E-state index contributed by atoms with van der Waals surface area (Å²) in [4.78, 5) is 44.0. The van der Waals surface area contributed by atoms with Crippen LogP contribution in [0.5, 0.6) is 0 Å². The minimum Gasteiger partial charge on any atom is -0.480 e. The lowest BCUT2D eigenvalue weighted by Crippen LogP contribution is -2.52. The largest absolute Gasteiger partial charge is 0.480 e. The van der Waals surface area contributed by atoms with Gasteiger partial charge in [-0.15, -0.1) is 0 Å². The third-order valence-corrected chi connectivity index (χ3v) is 7.55. The number of benzene rings is 2. The Morgan fingerprint density at radius 1 is 0.947 bits per heavy atom. The molecule has 0 aliphatic carbocycles. The standard InChI is InChI=1S/C30H39N3O5/c1-22(2)30(37)32-16-15-25-12-8-13-26(33(25)17-23-9-4-3-5-10-23)19-31(28(34)20-38-21-29(35)36)18-24-11-6-7-14-27(24)32/h3-7,9-11,14,22,25-26H,8,12-13,15-21H2,1-2H3,(H,35,36). The quantitative estimate of drug-likeness (QED) is 0.594. The Balaban J connectivity index is 1.71. The molecule has 8 heteroatoms. The zero-order chi connectivity index (χ0) is 27.1. The summed E-state index contributed by atoms with van der Waals surface area (Å²) in [7, 11) is 0. The number of anilines is 1. The van der Waals surface area contributed by atoms with Gasteiger partial charge in [0.1, 0.15) is 13.2 Å². The molecular formula is C30H39N3O5. The highest BCUT2D eigenvalue weighted by molar-refractivity contribution is 5.95. The van der Waals surface area contributed by atoms with Crippen LogP contribution < -0.4 is 4.90 Å². The van der Waals surface area contributed by atoms with Crippen molar-refractivity contribution in [2.24, 2.45) is 5.92 Å². The van der Waals surface area contributed by atoms with Gasteiger partial charge in [0.05, 0.1) is 0 Å². The SMILES string of the molecule is CC(C)C(=O)N1CCC2CCCC(CN(C(=O)COCC(=O)O)Cc3ccccc31)N2Cc1ccccc1. The second-order valence-electron chi connectivity index (χ2n) is 10.6. The second-order valence-corrected chi connectivity index (χ2v) is 10.6. The summed E-state index contributed by atoms with van der Waals surface area (Å²) in [5, 5.41) is 8.97. The Morgan fingerprint density at radius 2 is 1.66 bits per heavy atom. The molecule has 1 saturated heterocycles. The number of ether oxygens (including phenoxy) is 1. The van der Waals surface area contributed by atoms with Gasteiger partial charge in [-0.3, -0.25) is 14.5 Å². The maximum absolute atomic E-state index is 13.4. The molecule has 4 rings (SSSR count). The highest BCUT2D eigenvalue weighted by atomic mass is 16.5. The van der Waals surface area contributed by atoms with Gasteiger partial charge in [0.25, 0.3) is 0 Å². The number of carbonyl (C=O) groups is 3. The van der Waals surface area contributed by atoms with Crippen molar-refractivity contribution in [3.05, 3.63) is 65.7 Å². The minimum absolute atomic E-state index is 0.0707. The van der Waals surface area contributed by atoms with Gasteiger partial charge < -0.3 is 19.6 Å². The van der Waals surface area contributed by atoms with E-state index in [0.717, 1.165) is 43.5 Å². The lowest BCUT2D eigenvalue weighted by atomic mass is 9.92. The lowest BCUT2D eigenvalue weighted by Gasteiger charge is -2.44. The molecule has 2 aromatic carbocycles. The zero-order valence-corrected chi connectivity index (χ0v) is 22.4. The molecule has 1 fully saturated rings. The van der Waals surface area contributed by atoms with Crippen LogP contribution in [-0.4, -0.2) is 71.1 Å². The molecule has 2 aliphatic rings. The van der Waals surface area contributed by atoms with E-state index >= 15 is 0 Å². The monoisotopic (exact) mass is 521 g/mol. The Kier molecular flexibility index (Phi) is 9.53. The van der Waals surface area contributed by atoms with Crippen molar-refractivity contribution in [1.29, 1.82) is 0 Å². The molecule has 0 aromatic heterocycles. The number of nitrogens with zero attached hydrogens (tertiary/aromatic N) is 3. The molecule has 2 heterocycles. The zero-order valence-electron chi connectivity index (χ0n) is 22.4. The van der Waals surface area contributed by atoms with Crippen molar-refractivity contribution in [3.63, 3.8) is 0 Å². The number of carboxylic acid groups (broad SMARTS) is 1. The minimum atomic E-state index is -1.10. The van der Waals surface area contributed by atoms with Crippen molar-refractivity contribution >= 4 is 23.5 Å². The number of piperidine rings is 1. The van der Waals surface area contributed by atoms with E-state index in [1.54, 1.807) is 4.90 Å². The molecule has 2 bridgehead atoms. The third-order valence-electron chi connectivity index (χ3n) is 7.55. The van der Waals surface area contributed by atoms with Crippen LogP contribution >= 0.6 is 0 Å². The first kappa shape index (κ1) is 27.8. The lowest BCUT2D eigenvalue weighted by molar-refractivity contribution is -0.146. The van der Waals surface area contributed by atoms with Crippen LogP contribution in [0.4, 0.5) is 5.69 Å². The number of hydrogen-bond donors (Lipinski definition) is 1. The van der Waals surface area contributed by atoms with Gasteiger partial charge in [-0.25, -0.2) is 4.79 Å². The van der Waals surface area contributed by atoms with Crippen LogP contribution in [0.1, 0.15) is 50.7 Å². The highest BCUT2D eigenvalue weighted by Crippen LogP contribution is 2.32. The number of carbonyl (C=O) groups excluding carboxylic acids is 2. The fourth-order valence-electron chi connectivity index (χ4n) is 5.66. The van der Waals surface area contributed by atoms with Crippen molar-refractivity contribution in [2.75, 3.05) is 31.2 Å². The third kappa shape index (κ3) is 6.99. The fourth-order valence-corrected chi connectivity index (χ4v) is 5.66. The van der Waals surface area contributed by atoms with Crippen LogP contribution in [0.15, 0.2) is 54.6 Å². The van der Waals surface area contributed by atoms with E-state index in [-0.39, 0.29) is 36.4 Å². The first-order valence-electron chi connectivity index (χ1n) is 13.6. The number of aliphatic carboxylic acids is 1. The Labute approximate surface area is 225 Å². The molecule has 204 valence electrons. The van der Waals surface area contributed by atoms with E-state index < -0.39 is 12.6 Å². The molecule has 0 spiro atoms. The summed E-state index contributed by atoms with van der Waals surface area (Å²) in [5.74, 6) is -1.44. The molecule has 8 nitrogen and oxygen atoms in total. The maximum Gasteiger partial charge on any atom is 0.329 e. The van der Waals surface area contributed by atoms with E-state index in [4.69, 9.17) is 9.84 Å². The number of amides is 2. The highest BCUT2D eigenvalue weighted by Gasteiger charge is 2.35. The maximum atomic E-state index is 13.4. The number of hydrogen-bond acceptors (Lipinski definition) is 5. The predicted molar refractivity (Wildman–Crippen MR) is 146 cm³/mol. The molecule has 0 radical (unpaired) electrons. The summed E-state index contributed by atoms with van der Waals surface area (Å²) < 4.78 is 5.20. The smallest absolute Gasteiger partial charge is 0.329 e. The van der Waals surface area contributed by atoms with Crippen molar-refractivity contribution in [3.8, 4) is 0 Å². The number of carboxylic acids is 1. The molecule has 2 aliphatic heterocycles. The molecule has 38 heavy (non-hydrogen) atoms. The number of fused-ring (bicyclic) bond motifs is 3. The first-order chi connectivity index (χ1) is 18.3. The average Bonchev–Trinajstić information content (AvgIpc) is 2.91. The number of rotatable bonds is 7. The fraction of sp³-hybridized carbons (Fsp3) is 0.500. The molecule has 2 amide bonds. The molecule has 2 aromatic rings. The Bertz CT molecular complexity index is 1110. The van der Waals surface area contributed by atoms with Crippen molar-refractivity contribution < 1.29 is 24.2 Å². The molecule has 1 N–H and O–H groups in total.